The van der Waals surface area contributed by atoms with Crippen LogP contribution in [0.5, 0.6) is 0 Å². The maximum atomic E-state index is 11.5. The monoisotopic (exact) mass is 369 g/mol. The summed E-state index contributed by atoms with van der Waals surface area (Å²) in [5.41, 5.74) is 8.61. The lowest BCUT2D eigenvalue weighted by Crippen LogP contribution is -2.11. The van der Waals surface area contributed by atoms with Gasteiger partial charge >= 0.3 is 5.97 Å². The van der Waals surface area contributed by atoms with Gasteiger partial charge in [-0.1, -0.05) is 48.0 Å². The Morgan fingerprint density at radius 3 is 2.00 bits per heavy atom. The Morgan fingerprint density at radius 1 is 0.962 bits per heavy atom. The molecule has 0 atom stereocenters. The molecule has 3 rings (SSSR count). The van der Waals surface area contributed by atoms with Crippen LogP contribution in [0.15, 0.2) is 48.5 Å². The van der Waals surface area contributed by atoms with Crippen LogP contribution in [0.4, 0.5) is 0 Å². The fourth-order valence-electron chi connectivity index (χ4n) is 2.56. The van der Waals surface area contributed by atoms with Gasteiger partial charge in [-0.2, -0.15) is 0 Å². The van der Waals surface area contributed by atoms with Gasteiger partial charge in [0.25, 0.3) is 0 Å². The number of nitrogens with two attached hydrogens (primary N) is 1. The molecule has 0 radical (unpaired) electrons. The third-order valence-corrected chi connectivity index (χ3v) is 4.15. The molecular weight excluding hydrogens is 354 g/mol. The Balaban J connectivity index is 2.25. The molecule has 3 aromatic rings. The second kappa shape index (κ2) is 7.61. The van der Waals surface area contributed by atoms with E-state index in [1.165, 1.54) is 0 Å². The van der Waals surface area contributed by atoms with Crippen LogP contribution in [-0.2, 0) is 13.2 Å². The molecule has 0 spiro atoms. The number of rotatable bonds is 5. The number of hydrogen-bond donors (Lipinski definition) is 3. The quantitative estimate of drug-likeness (QED) is 0.637. The molecule has 0 saturated carbocycles. The molecule has 6 nitrogen and oxygen atoms in total. The summed E-state index contributed by atoms with van der Waals surface area (Å²) in [4.78, 5) is 20.2. The largest absolute Gasteiger partial charge is 0.476 e. The number of aliphatic hydroxyl groups excluding tert-OH is 1. The molecule has 0 aliphatic carbocycles. The van der Waals surface area contributed by atoms with Crippen LogP contribution in [0.1, 0.15) is 21.7 Å². The van der Waals surface area contributed by atoms with Crippen molar-refractivity contribution in [1.82, 2.24) is 9.97 Å². The molecule has 26 heavy (non-hydrogen) atoms. The van der Waals surface area contributed by atoms with E-state index in [1.807, 2.05) is 24.3 Å². The van der Waals surface area contributed by atoms with Crippen LogP contribution in [0.2, 0.25) is 5.02 Å². The summed E-state index contributed by atoms with van der Waals surface area (Å²) < 4.78 is 0. The van der Waals surface area contributed by atoms with Crippen molar-refractivity contribution in [3.05, 3.63) is 70.5 Å². The number of carboxylic acid groups (broad SMARTS) is 1. The van der Waals surface area contributed by atoms with Crippen LogP contribution in [0.3, 0.4) is 0 Å². The summed E-state index contributed by atoms with van der Waals surface area (Å²) >= 11 is 5.94. The number of carbonyl (C=O) groups is 1. The first-order valence-electron chi connectivity index (χ1n) is 7.84. The molecule has 1 heterocycles. The minimum atomic E-state index is -1.25. The van der Waals surface area contributed by atoms with E-state index >= 15 is 0 Å². The second-order valence-corrected chi connectivity index (χ2v) is 6.02. The van der Waals surface area contributed by atoms with Crippen molar-refractivity contribution in [3.8, 4) is 22.5 Å². The Hall–Kier alpha value is -2.80. The van der Waals surface area contributed by atoms with Gasteiger partial charge in [0.1, 0.15) is 0 Å². The Labute approximate surface area is 154 Å². The summed E-state index contributed by atoms with van der Waals surface area (Å²) in [5, 5.41) is 19.5. The number of hydrogen-bond acceptors (Lipinski definition) is 5. The average Bonchev–Trinajstić information content (AvgIpc) is 2.67. The zero-order valence-electron chi connectivity index (χ0n) is 13.7. The van der Waals surface area contributed by atoms with E-state index in [0.717, 1.165) is 11.1 Å². The molecule has 0 unspecified atom stereocenters. The van der Waals surface area contributed by atoms with E-state index in [4.69, 9.17) is 17.3 Å². The van der Waals surface area contributed by atoms with Crippen molar-refractivity contribution >= 4 is 17.6 Å². The standard InChI is InChI=1S/C19H16ClN3O3/c20-14-7-5-13(6-8-14)17-16(12-3-1-11(9-21)2-4-12)22-15(10-24)18(23-17)19(25)26/h1-8,24H,9-10,21H2,(H,25,26). The predicted octanol–water partition coefficient (Wildman–Crippen LogP) is 3.11. The molecule has 4 N–H and O–H groups in total. The van der Waals surface area contributed by atoms with Gasteiger partial charge < -0.3 is 15.9 Å². The highest BCUT2D eigenvalue weighted by atomic mass is 35.5. The molecule has 0 aliphatic rings. The minimum Gasteiger partial charge on any atom is -0.476 e. The first-order valence-corrected chi connectivity index (χ1v) is 8.21. The van der Waals surface area contributed by atoms with Crippen molar-refractivity contribution < 1.29 is 15.0 Å². The van der Waals surface area contributed by atoms with Crippen LogP contribution in [0, 0.1) is 0 Å². The molecule has 7 heteroatoms. The number of carboxylic acids is 1. The minimum absolute atomic E-state index is 0.00751. The molecule has 132 valence electrons. The predicted molar refractivity (Wildman–Crippen MR) is 98.7 cm³/mol. The molecule has 2 aromatic carbocycles. The van der Waals surface area contributed by atoms with Crippen molar-refractivity contribution in [2.24, 2.45) is 5.73 Å². The lowest BCUT2D eigenvalue weighted by molar-refractivity contribution is 0.0686. The zero-order valence-corrected chi connectivity index (χ0v) is 14.4. The zero-order chi connectivity index (χ0) is 18.7. The normalized spacial score (nSPS) is 10.7. The van der Waals surface area contributed by atoms with E-state index in [1.54, 1.807) is 24.3 Å². The van der Waals surface area contributed by atoms with E-state index < -0.39 is 12.6 Å². The lowest BCUT2D eigenvalue weighted by atomic mass is 10.0. The topological polar surface area (TPSA) is 109 Å². The van der Waals surface area contributed by atoms with Gasteiger partial charge in [0.2, 0.25) is 0 Å². The van der Waals surface area contributed by atoms with Gasteiger partial charge in [-0.25, -0.2) is 14.8 Å². The van der Waals surface area contributed by atoms with Crippen LogP contribution in [0.25, 0.3) is 22.5 Å². The summed E-state index contributed by atoms with van der Waals surface area (Å²) in [7, 11) is 0. The average molecular weight is 370 g/mol. The van der Waals surface area contributed by atoms with Gasteiger partial charge in [0, 0.05) is 22.7 Å². The molecule has 0 aliphatic heterocycles. The Bertz CT molecular complexity index is 941. The first-order chi connectivity index (χ1) is 12.5. The Morgan fingerprint density at radius 2 is 1.50 bits per heavy atom. The highest BCUT2D eigenvalue weighted by molar-refractivity contribution is 6.30. The van der Waals surface area contributed by atoms with Crippen LogP contribution in [-0.4, -0.2) is 26.2 Å². The van der Waals surface area contributed by atoms with Crippen LogP contribution < -0.4 is 5.73 Å². The van der Waals surface area contributed by atoms with Crippen molar-refractivity contribution in [1.29, 1.82) is 0 Å². The molecule has 0 bridgehead atoms. The number of nitrogens with zero attached hydrogens (tertiary/aromatic N) is 2. The lowest BCUT2D eigenvalue weighted by Gasteiger charge is -2.13. The van der Waals surface area contributed by atoms with E-state index in [2.05, 4.69) is 9.97 Å². The number of halogens is 1. The van der Waals surface area contributed by atoms with Crippen molar-refractivity contribution in [3.63, 3.8) is 0 Å². The molecular formula is C19H16ClN3O3. The third-order valence-electron chi connectivity index (χ3n) is 3.90. The SMILES string of the molecule is NCc1ccc(-c2nc(CO)c(C(=O)O)nc2-c2ccc(Cl)cc2)cc1. The summed E-state index contributed by atoms with van der Waals surface area (Å²) in [6.45, 7) is -0.112. The number of aromatic carboxylic acids is 1. The first kappa shape index (κ1) is 18.0. The highest BCUT2D eigenvalue weighted by Gasteiger charge is 2.20. The summed E-state index contributed by atoms with van der Waals surface area (Å²) in [6.07, 6.45) is 0. The van der Waals surface area contributed by atoms with Crippen molar-refractivity contribution in [2.75, 3.05) is 0 Å². The molecule has 1 aromatic heterocycles. The fraction of sp³-hybridized carbons (Fsp3) is 0.105. The Kier molecular flexibility index (Phi) is 5.27. The third kappa shape index (κ3) is 3.57. The smallest absolute Gasteiger partial charge is 0.356 e. The number of benzene rings is 2. The maximum absolute atomic E-state index is 11.5. The van der Waals surface area contributed by atoms with Crippen molar-refractivity contribution in [2.45, 2.75) is 13.2 Å². The highest BCUT2D eigenvalue weighted by Crippen LogP contribution is 2.31. The van der Waals surface area contributed by atoms with Crippen LogP contribution >= 0.6 is 11.6 Å². The molecule has 0 amide bonds. The fourth-order valence-corrected chi connectivity index (χ4v) is 2.69. The van der Waals surface area contributed by atoms with Gasteiger partial charge in [-0.05, 0) is 17.7 Å². The van der Waals surface area contributed by atoms with Gasteiger partial charge in [-0.15, -0.1) is 0 Å². The summed E-state index contributed by atoms with van der Waals surface area (Å²) in [6, 6.07) is 14.3. The number of aromatic nitrogens is 2. The van der Waals surface area contributed by atoms with Gasteiger partial charge in [0.05, 0.1) is 23.7 Å². The maximum Gasteiger partial charge on any atom is 0.356 e. The molecule has 0 fully saturated rings. The van der Waals surface area contributed by atoms with E-state index in [-0.39, 0.29) is 11.4 Å². The second-order valence-electron chi connectivity index (χ2n) is 5.59. The van der Waals surface area contributed by atoms with Gasteiger partial charge in [0.15, 0.2) is 5.69 Å². The van der Waals surface area contributed by atoms with E-state index in [0.29, 0.717) is 28.5 Å². The van der Waals surface area contributed by atoms with E-state index in [9.17, 15) is 15.0 Å². The van der Waals surface area contributed by atoms with Gasteiger partial charge in [-0.3, -0.25) is 0 Å². The summed E-state index contributed by atoms with van der Waals surface area (Å²) in [5.74, 6) is -1.25. The number of aliphatic hydroxyl groups is 1. The molecule has 0 saturated heterocycles.